The highest BCUT2D eigenvalue weighted by molar-refractivity contribution is 7.89. The molecule has 4 nitrogen and oxygen atoms in total. The quantitative estimate of drug-likeness (QED) is 0.870. The molecule has 1 atom stereocenters. The fraction of sp³-hybridized carbons (Fsp3) is 0.571. The second-order valence-electron chi connectivity index (χ2n) is 6.10. The molecule has 0 fully saturated rings. The fourth-order valence-electron chi connectivity index (χ4n) is 1.89. The number of nitrogens with one attached hydrogen (secondary N) is 1. The molecular weight excluding hydrogens is 260 g/mol. The highest BCUT2D eigenvalue weighted by atomic mass is 32.2. The van der Waals surface area contributed by atoms with Gasteiger partial charge in [0.1, 0.15) is 0 Å². The van der Waals surface area contributed by atoms with Crippen molar-refractivity contribution in [2.45, 2.75) is 40.3 Å². The van der Waals surface area contributed by atoms with Crippen molar-refractivity contribution < 1.29 is 8.42 Å². The summed E-state index contributed by atoms with van der Waals surface area (Å²) < 4.78 is 26.8. The first-order valence-corrected chi connectivity index (χ1v) is 8.07. The second-order valence-corrected chi connectivity index (χ2v) is 7.86. The third-order valence-electron chi connectivity index (χ3n) is 2.69. The van der Waals surface area contributed by atoms with Crippen molar-refractivity contribution in [2.24, 2.45) is 11.1 Å². The lowest BCUT2D eigenvalue weighted by atomic mass is 10.0. The average Bonchev–Trinajstić information content (AvgIpc) is 2.25. The maximum absolute atomic E-state index is 12.0. The molecule has 0 heterocycles. The summed E-state index contributed by atoms with van der Waals surface area (Å²) >= 11 is 0. The molecule has 108 valence electrons. The summed E-state index contributed by atoms with van der Waals surface area (Å²) in [4.78, 5) is 0. The van der Waals surface area contributed by atoms with Crippen LogP contribution in [0.15, 0.2) is 24.3 Å². The number of sulfonamides is 1. The summed E-state index contributed by atoms with van der Waals surface area (Å²) in [5.74, 6) is 0.116. The standard InChI is InChI=1S/C14H24N2O2S/c1-11(13-7-5-12(9-15)6-8-13)16-19(17,18)10-14(2,3)4/h5-8,11,16H,9-10,15H2,1-4H3. The molecule has 1 aromatic rings. The van der Waals surface area contributed by atoms with Crippen molar-refractivity contribution in [1.29, 1.82) is 0 Å². The first-order valence-electron chi connectivity index (χ1n) is 6.42. The molecule has 3 N–H and O–H groups in total. The van der Waals surface area contributed by atoms with Crippen molar-refractivity contribution in [1.82, 2.24) is 4.72 Å². The van der Waals surface area contributed by atoms with Crippen LogP contribution in [-0.2, 0) is 16.6 Å². The Kier molecular flexibility index (Phi) is 5.12. The number of rotatable bonds is 5. The lowest BCUT2D eigenvalue weighted by molar-refractivity contribution is 0.455. The first-order chi connectivity index (χ1) is 8.63. The van der Waals surface area contributed by atoms with Crippen LogP contribution in [0.3, 0.4) is 0 Å². The van der Waals surface area contributed by atoms with Crippen molar-refractivity contribution in [3.63, 3.8) is 0 Å². The predicted molar refractivity (Wildman–Crippen MR) is 79.1 cm³/mol. The predicted octanol–water partition coefficient (Wildman–Crippen LogP) is 2.17. The van der Waals surface area contributed by atoms with E-state index in [0.717, 1.165) is 11.1 Å². The minimum Gasteiger partial charge on any atom is -0.326 e. The normalized spacial score (nSPS) is 14.4. The Labute approximate surface area is 116 Å². The number of benzene rings is 1. The summed E-state index contributed by atoms with van der Waals surface area (Å²) in [5, 5.41) is 0. The van der Waals surface area contributed by atoms with Gasteiger partial charge in [0.25, 0.3) is 0 Å². The number of hydrogen-bond donors (Lipinski definition) is 2. The third-order valence-corrected chi connectivity index (χ3v) is 4.65. The molecule has 19 heavy (non-hydrogen) atoms. The van der Waals surface area contributed by atoms with E-state index in [9.17, 15) is 8.42 Å². The number of nitrogens with two attached hydrogens (primary N) is 1. The van der Waals surface area contributed by atoms with Gasteiger partial charge in [0.05, 0.1) is 5.75 Å². The van der Waals surface area contributed by atoms with Crippen molar-refractivity contribution in [3.05, 3.63) is 35.4 Å². The minimum atomic E-state index is -3.28. The molecule has 0 saturated carbocycles. The van der Waals surface area contributed by atoms with Crippen LogP contribution in [0.1, 0.15) is 44.9 Å². The summed E-state index contributed by atoms with van der Waals surface area (Å²) in [7, 11) is -3.28. The lowest BCUT2D eigenvalue weighted by Crippen LogP contribution is -2.34. The summed E-state index contributed by atoms with van der Waals surface area (Å²) in [5.41, 5.74) is 7.26. The third kappa shape index (κ3) is 5.72. The smallest absolute Gasteiger partial charge is 0.212 e. The SMILES string of the molecule is CC(NS(=O)(=O)CC(C)(C)C)c1ccc(CN)cc1. The van der Waals surface area contributed by atoms with E-state index in [1.807, 2.05) is 52.0 Å². The molecule has 0 spiro atoms. The molecular formula is C14H24N2O2S. The molecule has 1 rings (SSSR count). The summed E-state index contributed by atoms with van der Waals surface area (Å²) in [6.07, 6.45) is 0. The van der Waals surface area contributed by atoms with E-state index < -0.39 is 10.0 Å². The van der Waals surface area contributed by atoms with Crippen LogP contribution in [0.2, 0.25) is 0 Å². The Morgan fingerprint density at radius 2 is 1.74 bits per heavy atom. The van der Waals surface area contributed by atoms with Crippen LogP contribution in [0.25, 0.3) is 0 Å². The van der Waals surface area contributed by atoms with Crippen LogP contribution in [0.5, 0.6) is 0 Å². The Balaban J connectivity index is 2.75. The van der Waals surface area contributed by atoms with E-state index in [1.54, 1.807) is 0 Å². The Bertz CT molecular complexity index is 501. The van der Waals surface area contributed by atoms with Gasteiger partial charge >= 0.3 is 0 Å². The van der Waals surface area contributed by atoms with Crippen LogP contribution in [0.4, 0.5) is 0 Å². The van der Waals surface area contributed by atoms with Gasteiger partial charge in [-0.15, -0.1) is 0 Å². The highest BCUT2D eigenvalue weighted by Gasteiger charge is 2.23. The summed E-state index contributed by atoms with van der Waals surface area (Å²) in [6, 6.07) is 7.42. The maximum Gasteiger partial charge on any atom is 0.212 e. The monoisotopic (exact) mass is 284 g/mol. The first kappa shape index (κ1) is 16.1. The van der Waals surface area contributed by atoms with Crippen molar-refractivity contribution >= 4 is 10.0 Å². The minimum absolute atomic E-state index is 0.116. The molecule has 0 aliphatic rings. The largest absolute Gasteiger partial charge is 0.326 e. The van der Waals surface area contributed by atoms with E-state index in [1.165, 1.54) is 0 Å². The van der Waals surface area contributed by atoms with E-state index in [4.69, 9.17) is 5.73 Å². The molecule has 1 aromatic carbocycles. The molecule has 0 radical (unpaired) electrons. The van der Waals surface area contributed by atoms with Gasteiger partial charge in [-0.3, -0.25) is 0 Å². The van der Waals surface area contributed by atoms with Gasteiger partial charge in [-0.05, 0) is 23.5 Å². The van der Waals surface area contributed by atoms with E-state index in [2.05, 4.69) is 4.72 Å². The van der Waals surface area contributed by atoms with Gasteiger partial charge in [-0.2, -0.15) is 0 Å². The Morgan fingerprint density at radius 1 is 1.21 bits per heavy atom. The van der Waals surface area contributed by atoms with Crippen molar-refractivity contribution in [2.75, 3.05) is 5.75 Å². The van der Waals surface area contributed by atoms with Gasteiger partial charge in [-0.1, -0.05) is 45.0 Å². The molecule has 0 aromatic heterocycles. The lowest BCUT2D eigenvalue weighted by Gasteiger charge is -2.21. The van der Waals surface area contributed by atoms with Gasteiger partial charge in [-0.25, -0.2) is 13.1 Å². The van der Waals surface area contributed by atoms with Crippen LogP contribution in [-0.4, -0.2) is 14.2 Å². The molecule has 1 unspecified atom stereocenters. The van der Waals surface area contributed by atoms with Gasteiger partial charge in [0, 0.05) is 12.6 Å². The van der Waals surface area contributed by atoms with Gasteiger partial charge in [0.15, 0.2) is 0 Å². The topological polar surface area (TPSA) is 72.2 Å². The van der Waals surface area contributed by atoms with Crippen LogP contribution < -0.4 is 10.5 Å². The van der Waals surface area contributed by atoms with Gasteiger partial charge in [0.2, 0.25) is 10.0 Å². The van der Waals surface area contributed by atoms with Gasteiger partial charge < -0.3 is 5.73 Å². The molecule has 0 bridgehead atoms. The molecule has 0 aliphatic heterocycles. The van der Waals surface area contributed by atoms with E-state index in [-0.39, 0.29) is 17.2 Å². The Morgan fingerprint density at radius 3 is 2.16 bits per heavy atom. The van der Waals surface area contributed by atoms with Crippen LogP contribution >= 0.6 is 0 Å². The zero-order valence-electron chi connectivity index (χ0n) is 12.1. The molecule has 0 amide bonds. The second kappa shape index (κ2) is 6.03. The molecule has 0 aliphatic carbocycles. The number of hydrogen-bond acceptors (Lipinski definition) is 3. The highest BCUT2D eigenvalue weighted by Crippen LogP contribution is 2.19. The average molecular weight is 284 g/mol. The molecule has 0 saturated heterocycles. The van der Waals surface area contributed by atoms with E-state index in [0.29, 0.717) is 6.54 Å². The van der Waals surface area contributed by atoms with Crippen LogP contribution in [0, 0.1) is 5.41 Å². The fourth-order valence-corrected chi connectivity index (χ4v) is 3.79. The van der Waals surface area contributed by atoms with E-state index >= 15 is 0 Å². The zero-order valence-corrected chi connectivity index (χ0v) is 12.9. The van der Waals surface area contributed by atoms with Crippen molar-refractivity contribution in [3.8, 4) is 0 Å². The maximum atomic E-state index is 12.0. The Hall–Kier alpha value is -0.910. The molecule has 5 heteroatoms. The zero-order chi connectivity index (χ0) is 14.7. The summed E-state index contributed by atoms with van der Waals surface area (Å²) in [6.45, 7) is 8.06.